The predicted octanol–water partition coefficient (Wildman–Crippen LogP) is 2.20. The Kier molecular flexibility index (Phi) is 3.77. The molecule has 0 spiro atoms. The summed E-state index contributed by atoms with van der Waals surface area (Å²) in [6, 6.07) is 5.73. The molecule has 0 amide bonds. The third-order valence-corrected chi connectivity index (χ3v) is 3.52. The van der Waals surface area contributed by atoms with E-state index < -0.39 is 11.5 Å². The minimum Gasteiger partial charge on any atom is -0.385 e. The lowest BCUT2D eigenvalue weighted by atomic mass is 9.77. The smallest absolute Gasteiger partial charge is 0.117 e. The molecule has 0 bridgehead atoms. The third-order valence-electron chi connectivity index (χ3n) is 3.05. The molecule has 2 rings (SSSR count). The first-order chi connectivity index (χ1) is 8.18. The van der Waals surface area contributed by atoms with Gasteiger partial charge in [-0.05, 0) is 40.9 Å². The van der Waals surface area contributed by atoms with Crippen molar-refractivity contribution in [3.63, 3.8) is 0 Å². The molecule has 0 radical (unpaired) electrons. The van der Waals surface area contributed by atoms with Crippen LogP contribution in [0.15, 0.2) is 22.8 Å². The van der Waals surface area contributed by atoms with Crippen molar-refractivity contribution < 1.29 is 9.84 Å². The van der Waals surface area contributed by atoms with Gasteiger partial charge < -0.3 is 9.84 Å². The van der Waals surface area contributed by atoms with Crippen molar-refractivity contribution in [2.45, 2.75) is 18.9 Å². The van der Waals surface area contributed by atoms with Gasteiger partial charge in [-0.2, -0.15) is 5.26 Å². The van der Waals surface area contributed by atoms with Crippen LogP contribution >= 0.6 is 15.9 Å². The molecule has 5 heteroatoms. The van der Waals surface area contributed by atoms with Crippen LogP contribution in [0.25, 0.3) is 0 Å². The van der Waals surface area contributed by atoms with Gasteiger partial charge in [0.1, 0.15) is 11.5 Å². The van der Waals surface area contributed by atoms with Gasteiger partial charge >= 0.3 is 0 Å². The van der Waals surface area contributed by atoms with Crippen LogP contribution < -0.4 is 0 Å². The Labute approximate surface area is 108 Å². The van der Waals surface area contributed by atoms with E-state index in [0.29, 0.717) is 18.7 Å². The zero-order valence-corrected chi connectivity index (χ0v) is 10.9. The lowest BCUT2D eigenvalue weighted by molar-refractivity contribution is -0.0521. The maximum atomic E-state index is 10.3. The predicted molar refractivity (Wildman–Crippen MR) is 65.0 cm³/mol. The number of hydrogen-bond donors (Lipinski definition) is 1. The van der Waals surface area contributed by atoms with Gasteiger partial charge in [0.15, 0.2) is 0 Å². The fourth-order valence-corrected chi connectivity index (χ4v) is 2.25. The highest BCUT2D eigenvalue weighted by Gasteiger charge is 2.41. The van der Waals surface area contributed by atoms with Gasteiger partial charge in [-0.15, -0.1) is 0 Å². The second-order valence-corrected chi connectivity index (χ2v) is 5.14. The Morgan fingerprint density at radius 1 is 1.59 bits per heavy atom. The maximum absolute atomic E-state index is 10.3. The van der Waals surface area contributed by atoms with Gasteiger partial charge in [0.2, 0.25) is 0 Å². The molecule has 2 heterocycles. The van der Waals surface area contributed by atoms with E-state index in [1.165, 1.54) is 0 Å². The monoisotopic (exact) mass is 296 g/mol. The molecule has 1 aliphatic rings. The number of pyridine rings is 1. The van der Waals surface area contributed by atoms with Crippen LogP contribution in [0.3, 0.4) is 0 Å². The summed E-state index contributed by atoms with van der Waals surface area (Å²) in [7, 11) is 0. The zero-order valence-electron chi connectivity index (χ0n) is 9.27. The largest absolute Gasteiger partial charge is 0.385 e. The summed E-state index contributed by atoms with van der Waals surface area (Å²) in [5, 5.41) is 19.6. The molecule has 1 saturated heterocycles. The molecule has 1 aliphatic heterocycles. The summed E-state index contributed by atoms with van der Waals surface area (Å²) in [6.45, 7) is 0.923. The Hall–Kier alpha value is -0.960. The second-order valence-electron chi connectivity index (χ2n) is 4.23. The number of rotatable bonds is 2. The number of aromatic nitrogens is 1. The Morgan fingerprint density at radius 3 is 2.94 bits per heavy atom. The molecule has 17 heavy (non-hydrogen) atoms. The van der Waals surface area contributed by atoms with Crippen molar-refractivity contribution in [1.29, 1.82) is 5.26 Å². The molecule has 0 aliphatic carbocycles. The standard InChI is InChI=1S/C12H13BrN2O2/c13-9-2-3-10(15-6-9)11(16)12(7-14)4-1-5-17-8-12/h2-3,6,11,16H,1,4-5,8H2. The summed E-state index contributed by atoms with van der Waals surface area (Å²) in [5.74, 6) is 0. The molecule has 0 saturated carbocycles. The lowest BCUT2D eigenvalue weighted by Crippen LogP contribution is -2.36. The number of nitrogens with zero attached hydrogens (tertiary/aromatic N) is 2. The molecule has 1 aromatic rings. The molecule has 1 fully saturated rings. The average Bonchev–Trinajstić information content (AvgIpc) is 2.39. The topological polar surface area (TPSA) is 66.1 Å². The molecule has 4 nitrogen and oxygen atoms in total. The van der Waals surface area contributed by atoms with Gasteiger partial charge in [-0.1, -0.05) is 0 Å². The Bertz CT molecular complexity index is 421. The van der Waals surface area contributed by atoms with E-state index in [-0.39, 0.29) is 6.61 Å². The van der Waals surface area contributed by atoms with Crippen LogP contribution in [-0.4, -0.2) is 23.3 Å². The van der Waals surface area contributed by atoms with Crippen molar-refractivity contribution in [2.24, 2.45) is 5.41 Å². The Morgan fingerprint density at radius 2 is 2.41 bits per heavy atom. The van der Waals surface area contributed by atoms with Crippen LogP contribution in [0.1, 0.15) is 24.6 Å². The van der Waals surface area contributed by atoms with Gasteiger partial charge in [-0.3, -0.25) is 4.98 Å². The maximum Gasteiger partial charge on any atom is 0.117 e. The van der Waals surface area contributed by atoms with E-state index in [4.69, 9.17) is 4.74 Å². The number of aliphatic hydroxyl groups excluding tert-OH is 1. The number of aliphatic hydroxyl groups is 1. The molecule has 1 aromatic heterocycles. The lowest BCUT2D eigenvalue weighted by Gasteiger charge is -2.34. The second kappa shape index (κ2) is 5.13. The molecule has 0 aromatic carbocycles. The highest BCUT2D eigenvalue weighted by Crippen LogP contribution is 2.39. The van der Waals surface area contributed by atoms with Crippen molar-refractivity contribution >= 4 is 15.9 Å². The number of nitriles is 1. The quantitative estimate of drug-likeness (QED) is 0.908. The minimum absolute atomic E-state index is 0.266. The highest BCUT2D eigenvalue weighted by molar-refractivity contribution is 9.10. The average molecular weight is 297 g/mol. The first kappa shape index (κ1) is 12.5. The third kappa shape index (κ3) is 2.49. The van der Waals surface area contributed by atoms with Gasteiger partial charge in [0.05, 0.1) is 18.4 Å². The normalized spacial score (nSPS) is 26.2. The summed E-state index contributed by atoms with van der Waals surface area (Å²) in [6.07, 6.45) is 2.15. The summed E-state index contributed by atoms with van der Waals surface area (Å²) in [4.78, 5) is 4.14. The van der Waals surface area contributed by atoms with Gasteiger partial charge in [0, 0.05) is 17.3 Å². The molecule has 1 N–H and O–H groups in total. The van der Waals surface area contributed by atoms with E-state index in [9.17, 15) is 10.4 Å². The summed E-state index contributed by atoms with van der Waals surface area (Å²) >= 11 is 3.29. The van der Waals surface area contributed by atoms with Gasteiger partial charge in [0.25, 0.3) is 0 Å². The fourth-order valence-electron chi connectivity index (χ4n) is 2.01. The summed E-state index contributed by atoms with van der Waals surface area (Å²) in [5.41, 5.74) is -0.348. The summed E-state index contributed by atoms with van der Waals surface area (Å²) < 4.78 is 6.17. The molecule has 90 valence electrons. The van der Waals surface area contributed by atoms with Crippen molar-refractivity contribution in [3.8, 4) is 6.07 Å². The van der Waals surface area contributed by atoms with Crippen molar-refractivity contribution in [3.05, 3.63) is 28.5 Å². The van der Waals surface area contributed by atoms with E-state index in [1.807, 2.05) is 0 Å². The van der Waals surface area contributed by atoms with Crippen LogP contribution in [0.2, 0.25) is 0 Å². The van der Waals surface area contributed by atoms with Crippen molar-refractivity contribution in [1.82, 2.24) is 4.98 Å². The Balaban J connectivity index is 2.25. The van der Waals surface area contributed by atoms with Gasteiger partial charge in [-0.25, -0.2) is 0 Å². The van der Waals surface area contributed by atoms with E-state index in [0.717, 1.165) is 10.9 Å². The number of ether oxygens (including phenoxy) is 1. The number of hydrogen-bond acceptors (Lipinski definition) is 4. The zero-order chi connectivity index (χ0) is 12.3. The van der Waals surface area contributed by atoms with E-state index in [2.05, 4.69) is 27.0 Å². The van der Waals surface area contributed by atoms with Crippen LogP contribution in [0.5, 0.6) is 0 Å². The van der Waals surface area contributed by atoms with Crippen LogP contribution in [0.4, 0.5) is 0 Å². The molecule has 2 unspecified atom stereocenters. The molecular formula is C12H13BrN2O2. The SMILES string of the molecule is N#CC1(C(O)c2ccc(Br)cn2)CCCOC1. The van der Waals surface area contributed by atoms with Crippen LogP contribution in [0, 0.1) is 16.7 Å². The molecular weight excluding hydrogens is 284 g/mol. The van der Waals surface area contributed by atoms with Crippen LogP contribution in [-0.2, 0) is 4.74 Å². The van der Waals surface area contributed by atoms with Crippen molar-refractivity contribution in [2.75, 3.05) is 13.2 Å². The molecule has 2 atom stereocenters. The minimum atomic E-state index is -0.902. The van der Waals surface area contributed by atoms with E-state index in [1.54, 1.807) is 18.3 Å². The highest BCUT2D eigenvalue weighted by atomic mass is 79.9. The fraction of sp³-hybridized carbons (Fsp3) is 0.500. The first-order valence-corrected chi connectivity index (χ1v) is 6.26. The number of halogens is 1. The first-order valence-electron chi connectivity index (χ1n) is 5.46. The van der Waals surface area contributed by atoms with E-state index >= 15 is 0 Å².